The van der Waals surface area contributed by atoms with Crippen molar-refractivity contribution in [2.45, 2.75) is 0 Å². The summed E-state index contributed by atoms with van der Waals surface area (Å²) in [4.78, 5) is 20.2. The Morgan fingerprint density at radius 3 is 2.80 bits per heavy atom. The lowest BCUT2D eigenvalue weighted by Gasteiger charge is -2.32. The number of hydrogen-bond acceptors (Lipinski definition) is 5. The van der Waals surface area contributed by atoms with Crippen molar-refractivity contribution < 1.29 is 19.2 Å². The van der Waals surface area contributed by atoms with Crippen molar-refractivity contribution in [3.63, 3.8) is 0 Å². The molecule has 0 atom stereocenters. The summed E-state index contributed by atoms with van der Waals surface area (Å²) in [6.45, 7) is 4.35. The van der Waals surface area contributed by atoms with E-state index in [9.17, 15) is 4.79 Å². The molecule has 0 saturated carbocycles. The molecule has 0 bridgehead atoms. The van der Waals surface area contributed by atoms with Gasteiger partial charge in [0.05, 0.1) is 26.2 Å². The molecule has 2 N–H and O–H groups in total. The Kier molecular flexibility index (Phi) is 4.39. The minimum atomic E-state index is 0.0140. The number of amides is 1. The quantitative estimate of drug-likeness (QED) is 0.829. The molecule has 1 fully saturated rings. The molecule has 25 heavy (non-hydrogen) atoms. The second-order valence-electron chi connectivity index (χ2n) is 6.22. The van der Waals surface area contributed by atoms with Gasteiger partial charge in [-0.3, -0.25) is 4.79 Å². The third-order valence-electron chi connectivity index (χ3n) is 4.51. The predicted molar refractivity (Wildman–Crippen MR) is 93.2 cm³/mol. The molecule has 130 valence electrons. The Hall–Kier alpha value is -2.80. The van der Waals surface area contributed by atoms with Crippen LogP contribution in [0.4, 0.5) is 11.5 Å². The molecule has 0 unspecified atom stereocenters. The van der Waals surface area contributed by atoms with E-state index in [1.165, 1.54) is 4.90 Å². The standard InChI is InChI=1S/C18H20N4O3/c23-18(20-14-4-5-15-16(11-14)25-13-24-15)12-21-7-9-22(10-8-21)17-3-1-2-6-19-17/h1-6,11H,7-10,12-13H2,(H,20,23)/p+1. The number of aromatic nitrogens is 1. The maximum atomic E-state index is 12.3. The SMILES string of the molecule is O=C(C[NH+]1CCN(c2ccccn2)CC1)Nc1ccc2c(c1)OCO2. The summed E-state index contributed by atoms with van der Waals surface area (Å²) in [5.41, 5.74) is 0.737. The van der Waals surface area contributed by atoms with Crippen molar-refractivity contribution in [2.75, 3.05) is 49.7 Å². The average Bonchev–Trinajstić information content (AvgIpc) is 3.11. The molecule has 7 nitrogen and oxygen atoms in total. The third-order valence-corrected chi connectivity index (χ3v) is 4.51. The van der Waals surface area contributed by atoms with Crippen molar-refractivity contribution in [3.8, 4) is 11.5 Å². The summed E-state index contributed by atoms with van der Waals surface area (Å²) in [5.74, 6) is 2.41. The van der Waals surface area contributed by atoms with Gasteiger partial charge >= 0.3 is 0 Å². The smallest absolute Gasteiger partial charge is 0.279 e. The second kappa shape index (κ2) is 6.98. The number of benzene rings is 1. The minimum Gasteiger partial charge on any atom is -0.454 e. The number of rotatable bonds is 4. The van der Waals surface area contributed by atoms with Crippen LogP contribution in [0, 0.1) is 0 Å². The van der Waals surface area contributed by atoms with Gasteiger partial charge in [0.1, 0.15) is 5.82 Å². The molecule has 7 heteroatoms. The monoisotopic (exact) mass is 341 g/mol. The van der Waals surface area contributed by atoms with Gasteiger partial charge in [0.15, 0.2) is 18.0 Å². The fourth-order valence-electron chi connectivity index (χ4n) is 3.18. The van der Waals surface area contributed by atoms with Gasteiger partial charge in [-0.1, -0.05) is 6.07 Å². The van der Waals surface area contributed by atoms with Crippen LogP contribution < -0.4 is 24.6 Å². The number of carbonyl (C=O) groups excluding carboxylic acids is 1. The molecule has 0 spiro atoms. The van der Waals surface area contributed by atoms with Gasteiger partial charge < -0.3 is 24.6 Å². The minimum absolute atomic E-state index is 0.0140. The Morgan fingerprint density at radius 2 is 2.00 bits per heavy atom. The summed E-state index contributed by atoms with van der Waals surface area (Å²) >= 11 is 0. The Balaban J connectivity index is 1.28. The molecule has 2 aromatic rings. The maximum absolute atomic E-state index is 12.3. The highest BCUT2D eigenvalue weighted by Crippen LogP contribution is 2.34. The van der Waals surface area contributed by atoms with Gasteiger partial charge in [-0.25, -0.2) is 4.98 Å². The van der Waals surface area contributed by atoms with E-state index in [0.29, 0.717) is 18.0 Å². The number of carbonyl (C=O) groups is 1. The lowest BCUT2D eigenvalue weighted by molar-refractivity contribution is -0.892. The summed E-state index contributed by atoms with van der Waals surface area (Å²) in [6.07, 6.45) is 1.81. The van der Waals surface area contributed by atoms with Crippen LogP contribution in [0.3, 0.4) is 0 Å². The lowest BCUT2D eigenvalue weighted by Crippen LogP contribution is -3.15. The molecule has 1 aromatic carbocycles. The van der Waals surface area contributed by atoms with Gasteiger partial charge in [-0.2, -0.15) is 0 Å². The number of fused-ring (bicyclic) bond motifs is 1. The Morgan fingerprint density at radius 1 is 1.16 bits per heavy atom. The first-order chi connectivity index (χ1) is 12.3. The zero-order valence-corrected chi connectivity index (χ0v) is 13.9. The van der Waals surface area contributed by atoms with E-state index in [2.05, 4.69) is 15.2 Å². The van der Waals surface area contributed by atoms with E-state index < -0.39 is 0 Å². The topological polar surface area (TPSA) is 68.1 Å². The molecular weight excluding hydrogens is 320 g/mol. The van der Waals surface area contributed by atoms with Gasteiger partial charge in [-0.15, -0.1) is 0 Å². The number of ether oxygens (including phenoxy) is 2. The fourth-order valence-corrected chi connectivity index (χ4v) is 3.18. The summed E-state index contributed by atoms with van der Waals surface area (Å²) < 4.78 is 10.6. The molecule has 4 rings (SSSR count). The van der Waals surface area contributed by atoms with E-state index in [1.807, 2.05) is 36.5 Å². The van der Waals surface area contributed by atoms with Gasteiger partial charge in [0, 0.05) is 18.0 Å². The van der Waals surface area contributed by atoms with Crippen molar-refractivity contribution in [3.05, 3.63) is 42.6 Å². The largest absolute Gasteiger partial charge is 0.454 e. The first kappa shape index (κ1) is 15.7. The number of nitrogens with one attached hydrogen (secondary N) is 2. The Labute approximate surface area is 146 Å². The summed E-state index contributed by atoms with van der Waals surface area (Å²) in [6, 6.07) is 11.4. The number of nitrogens with zero attached hydrogens (tertiary/aromatic N) is 2. The highest BCUT2D eigenvalue weighted by Gasteiger charge is 2.23. The van der Waals surface area contributed by atoms with Crippen molar-refractivity contribution in [1.82, 2.24) is 4.98 Å². The van der Waals surface area contributed by atoms with Gasteiger partial charge in [0.25, 0.3) is 5.91 Å². The van der Waals surface area contributed by atoms with Crippen molar-refractivity contribution in [1.29, 1.82) is 0 Å². The number of hydrogen-bond donors (Lipinski definition) is 2. The summed E-state index contributed by atoms with van der Waals surface area (Å²) in [5, 5.41) is 2.94. The van der Waals surface area contributed by atoms with Crippen LogP contribution in [-0.4, -0.2) is 50.4 Å². The van der Waals surface area contributed by atoms with Crippen molar-refractivity contribution in [2.24, 2.45) is 0 Å². The Bertz CT molecular complexity index is 745. The number of quaternary nitrogens is 1. The molecule has 0 radical (unpaired) electrons. The van der Waals surface area contributed by atoms with E-state index in [-0.39, 0.29) is 12.7 Å². The lowest BCUT2D eigenvalue weighted by atomic mass is 10.2. The van der Waals surface area contributed by atoms with Gasteiger partial charge in [0.2, 0.25) is 6.79 Å². The van der Waals surface area contributed by atoms with Crippen LogP contribution >= 0.6 is 0 Å². The average molecular weight is 341 g/mol. The zero-order valence-electron chi connectivity index (χ0n) is 13.9. The number of piperazine rings is 1. The van der Waals surface area contributed by atoms with E-state index in [0.717, 1.165) is 37.7 Å². The molecule has 1 saturated heterocycles. The van der Waals surface area contributed by atoms with Crippen molar-refractivity contribution >= 4 is 17.4 Å². The third kappa shape index (κ3) is 3.66. The summed E-state index contributed by atoms with van der Waals surface area (Å²) in [7, 11) is 0. The van der Waals surface area contributed by atoms with Crippen LogP contribution in [0.1, 0.15) is 0 Å². The van der Waals surface area contributed by atoms with Crippen LogP contribution in [-0.2, 0) is 4.79 Å². The normalized spacial score (nSPS) is 16.7. The van der Waals surface area contributed by atoms with Crippen LogP contribution in [0.25, 0.3) is 0 Å². The van der Waals surface area contributed by atoms with E-state index >= 15 is 0 Å². The first-order valence-electron chi connectivity index (χ1n) is 8.47. The molecule has 3 heterocycles. The number of anilines is 2. The second-order valence-corrected chi connectivity index (χ2v) is 6.22. The highest BCUT2D eigenvalue weighted by molar-refractivity contribution is 5.91. The molecule has 1 amide bonds. The van der Waals surface area contributed by atoms with E-state index in [4.69, 9.17) is 9.47 Å². The number of pyridine rings is 1. The van der Waals surface area contributed by atoms with Crippen LogP contribution in [0.5, 0.6) is 11.5 Å². The molecule has 1 aromatic heterocycles. The molecule has 0 aliphatic carbocycles. The first-order valence-corrected chi connectivity index (χ1v) is 8.47. The van der Waals surface area contributed by atoms with Crippen LogP contribution in [0.2, 0.25) is 0 Å². The zero-order chi connectivity index (χ0) is 17.1. The highest BCUT2D eigenvalue weighted by atomic mass is 16.7. The van der Waals surface area contributed by atoms with Crippen LogP contribution in [0.15, 0.2) is 42.6 Å². The predicted octanol–water partition coefficient (Wildman–Crippen LogP) is 0.154. The molecule has 2 aliphatic heterocycles. The maximum Gasteiger partial charge on any atom is 0.279 e. The fraction of sp³-hybridized carbons (Fsp3) is 0.333. The molecular formula is C18H21N4O3+. The van der Waals surface area contributed by atoms with E-state index in [1.54, 1.807) is 6.07 Å². The molecule has 2 aliphatic rings. The van der Waals surface area contributed by atoms with Gasteiger partial charge in [-0.05, 0) is 24.3 Å².